The Kier molecular flexibility index (Phi) is 6.23. The number of hydrogen-bond donors (Lipinski definition) is 0. The Balaban J connectivity index is 1.80. The Labute approximate surface area is 202 Å². The van der Waals surface area contributed by atoms with Crippen LogP contribution in [0, 0.1) is 0 Å². The van der Waals surface area contributed by atoms with Gasteiger partial charge in [0, 0.05) is 16.7 Å². The van der Waals surface area contributed by atoms with Crippen molar-refractivity contribution in [2.24, 2.45) is 4.99 Å². The van der Waals surface area contributed by atoms with E-state index in [1.54, 1.807) is 25.6 Å². The summed E-state index contributed by atoms with van der Waals surface area (Å²) in [5, 5.41) is 7.10. The molecule has 0 spiro atoms. The molecule has 0 fully saturated rings. The third kappa shape index (κ3) is 4.23. The molecule has 0 bridgehead atoms. The van der Waals surface area contributed by atoms with Crippen LogP contribution < -0.4 is 9.47 Å². The van der Waals surface area contributed by atoms with Gasteiger partial charge in [-0.3, -0.25) is 0 Å². The van der Waals surface area contributed by atoms with Gasteiger partial charge in [-0.15, -0.1) is 11.3 Å². The largest absolute Gasteiger partial charge is 0.493 e. The molecule has 0 saturated heterocycles. The first-order valence-electron chi connectivity index (χ1n) is 10.8. The number of aromatic nitrogens is 2. The van der Waals surface area contributed by atoms with Crippen LogP contribution in [-0.2, 0) is 0 Å². The molecule has 0 atom stereocenters. The highest BCUT2D eigenvalue weighted by Crippen LogP contribution is 2.43. The molecule has 6 heteroatoms. The van der Waals surface area contributed by atoms with Gasteiger partial charge in [0.25, 0.3) is 0 Å². The Morgan fingerprint density at radius 2 is 1.53 bits per heavy atom. The number of para-hydroxylation sites is 1. The molecular formula is C28H23N3O2S. The predicted octanol–water partition coefficient (Wildman–Crippen LogP) is 7.04. The van der Waals surface area contributed by atoms with E-state index < -0.39 is 0 Å². The van der Waals surface area contributed by atoms with Crippen LogP contribution in [0.25, 0.3) is 28.1 Å². The summed E-state index contributed by atoms with van der Waals surface area (Å²) in [4.78, 5) is 6.03. The minimum atomic E-state index is 0.652. The number of methoxy groups -OCH3 is 2. The van der Waals surface area contributed by atoms with Crippen molar-refractivity contribution in [1.29, 1.82) is 0 Å². The van der Waals surface area contributed by atoms with E-state index in [4.69, 9.17) is 19.6 Å². The first-order valence-corrected chi connectivity index (χ1v) is 11.7. The molecule has 0 aliphatic heterocycles. The van der Waals surface area contributed by atoms with Crippen LogP contribution >= 0.6 is 11.3 Å². The van der Waals surface area contributed by atoms with Crippen molar-refractivity contribution < 1.29 is 9.47 Å². The van der Waals surface area contributed by atoms with Gasteiger partial charge in [-0.2, -0.15) is 5.10 Å². The molecule has 5 nitrogen and oxygen atoms in total. The van der Waals surface area contributed by atoms with Crippen molar-refractivity contribution in [2.45, 2.75) is 0 Å². The van der Waals surface area contributed by atoms with Gasteiger partial charge in [-0.25, -0.2) is 9.67 Å². The van der Waals surface area contributed by atoms with E-state index in [9.17, 15) is 0 Å². The fraction of sp³-hybridized carbons (Fsp3) is 0.0714. The number of ether oxygens (including phenoxy) is 2. The summed E-state index contributed by atoms with van der Waals surface area (Å²) in [5.74, 6) is 2.07. The Morgan fingerprint density at radius 3 is 2.21 bits per heavy atom. The summed E-state index contributed by atoms with van der Waals surface area (Å²) in [6.45, 7) is 0. The molecular weight excluding hydrogens is 442 g/mol. The molecule has 0 saturated carbocycles. The molecule has 0 N–H and O–H groups in total. The van der Waals surface area contributed by atoms with Crippen LogP contribution in [0.5, 0.6) is 11.5 Å². The predicted molar refractivity (Wildman–Crippen MR) is 139 cm³/mol. The maximum absolute atomic E-state index is 5.61. The highest BCUT2D eigenvalue weighted by Gasteiger charge is 2.22. The first-order chi connectivity index (χ1) is 16.8. The fourth-order valence-corrected chi connectivity index (χ4v) is 4.41. The summed E-state index contributed by atoms with van der Waals surface area (Å²) in [5.41, 5.74) is 4.65. The van der Waals surface area contributed by atoms with E-state index in [2.05, 4.69) is 12.1 Å². The van der Waals surface area contributed by atoms with Crippen LogP contribution in [0.3, 0.4) is 0 Å². The van der Waals surface area contributed by atoms with Crippen LogP contribution in [0.2, 0.25) is 0 Å². The van der Waals surface area contributed by atoms with Crippen molar-refractivity contribution in [3.63, 3.8) is 0 Å². The molecule has 168 valence electrons. The van der Waals surface area contributed by atoms with Gasteiger partial charge in [0.1, 0.15) is 5.69 Å². The van der Waals surface area contributed by atoms with Crippen molar-refractivity contribution in [3.8, 4) is 39.6 Å². The zero-order chi connectivity index (χ0) is 23.3. The van der Waals surface area contributed by atoms with E-state index in [1.165, 1.54) is 0 Å². The summed E-state index contributed by atoms with van der Waals surface area (Å²) >= 11 is 1.64. The molecule has 2 heterocycles. The second-order valence-corrected chi connectivity index (χ2v) is 8.48. The monoisotopic (exact) mass is 465 g/mol. The summed E-state index contributed by atoms with van der Waals surface area (Å²) in [6.07, 6.45) is 1.89. The lowest BCUT2D eigenvalue weighted by atomic mass is 10.00. The molecule has 0 radical (unpaired) electrons. The minimum Gasteiger partial charge on any atom is -0.493 e. The zero-order valence-electron chi connectivity index (χ0n) is 18.9. The molecule has 34 heavy (non-hydrogen) atoms. The van der Waals surface area contributed by atoms with E-state index in [-0.39, 0.29) is 0 Å². The smallest absolute Gasteiger partial charge is 0.164 e. The molecule has 5 rings (SSSR count). The number of hydrogen-bond acceptors (Lipinski definition) is 5. The highest BCUT2D eigenvalue weighted by molar-refractivity contribution is 7.11. The Hall–Kier alpha value is -4.16. The van der Waals surface area contributed by atoms with Gasteiger partial charge in [-0.1, -0.05) is 60.7 Å². The van der Waals surface area contributed by atoms with E-state index in [0.717, 1.165) is 38.8 Å². The number of aliphatic imine (C=N–C) groups is 1. The zero-order valence-corrected chi connectivity index (χ0v) is 19.7. The maximum atomic E-state index is 5.61. The lowest BCUT2D eigenvalue weighted by Crippen LogP contribution is -1.96. The average molecular weight is 466 g/mol. The average Bonchev–Trinajstić information content (AvgIpc) is 3.56. The topological polar surface area (TPSA) is 48.6 Å². The fourth-order valence-electron chi connectivity index (χ4n) is 3.82. The summed E-state index contributed by atoms with van der Waals surface area (Å²) in [7, 11) is 3.28. The van der Waals surface area contributed by atoms with E-state index in [1.807, 2.05) is 95.1 Å². The number of benzene rings is 3. The van der Waals surface area contributed by atoms with Crippen LogP contribution in [0.1, 0.15) is 4.88 Å². The molecule has 0 amide bonds. The lowest BCUT2D eigenvalue weighted by molar-refractivity contribution is 0.355. The highest BCUT2D eigenvalue weighted by atomic mass is 32.1. The van der Waals surface area contributed by atoms with Crippen LogP contribution in [-0.4, -0.2) is 30.2 Å². The SMILES string of the molecule is COc1ccc(-c2c(-c3ccccc3)nn(-c3ccccc3)c2/N=C/c2cccs2)cc1OC. The van der Waals surface area contributed by atoms with Crippen LogP contribution in [0.15, 0.2) is 101 Å². The molecule has 0 aliphatic rings. The third-order valence-electron chi connectivity index (χ3n) is 5.44. The van der Waals surface area contributed by atoms with Crippen molar-refractivity contribution in [3.05, 3.63) is 101 Å². The van der Waals surface area contributed by atoms with Crippen LogP contribution in [0.4, 0.5) is 5.82 Å². The van der Waals surface area contributed by atoms with Crippen molar-refractivity contribution >= 4 is 23.4 Å². The molecule has 0 unspecified atom stereocenters. The Morgan fingerprint density at radius 1 is 0.794 bits per heavy atom. The molecule has 3 aromatic carbocycles. The first kappa shape index (κ1) is 21.7. The summed E-state index contributed by atoms with van der Waals surface area (Å²) in [6, 6.07) is 30.2. The van der Waals surface area contributed by atoms with Crippen molar-refractivity contribution in [2.75, 3.05) is 14.2 Å². The second-order valence-electron chi connectivity index (χ2n) is 7.50. The van der Waals surface area contributed by atoms with E-state index in [0.29, 0.717) is 11.5 Å². The molecule has 2 aromatic heterocycles. The number of rotatable bonds is 7. The maximum Gasteiger partial charge on any atom is 0.164 e. The number of thiophene rings is 1. The van der Waals surface area contributed by atoms with Gasteiger partial charge in [0.2, 0.25) is 0 Å². The normalized spacial score (nSPS) is 11.1. The molecule has 0 aliphatic carbocycles. The van der Waals surface area contributed by atoms with Gasteiger partial charge >= 0.3 is 0 Å². The number of nitrogens with zero attached hydrogens (tertiary/aromatic N) is 3. The summed E-state index contributed by atoms with van der Waals surface area (Å²) < 4.78 is 13.0. The quantitative estimate of drug-likeness (QED) is 0.242. The molecule has 5 aromatic rings. The van der Waals surface area contributed by atoms with Crippen molar-refractivity contribution in [1.82, 2.24) is 9.78 Å². The second kappa shape index (κ2) is 9.77. The van der Waals surface area contributed by atoms with Gasteiger partial charge in [0.05, 0.1) is 25.5 Å². The van der Waals surface area contributed by atoms with Gasteiger partial charge in [0.15, 0.2) is 17.3 Å². The minimum absolute atomic E-state index is 0.652. The Bertz CT molecular complexity index is 1410. The standard InChI is InChI=1S/C28H23N3O2S/c1-32-24-16-15-21(18-25(24)33-2)26-27(20-10-5-3-6-11-20)30-31(22-12-7-4-8-13-22)28(26)29-19-23-14-9-17-34-23/h3-19H,1-2H3/b29-19+. The lowest BCUT2D eigenvalue weighted by Gasteiger charge is -2.11. The third-order valence-corrected chi connectivity index (χ3v) is 6.25. The van der Waals surface area contributed by atoms with Gasteiger partial charge in [-0.05, 0) is 41.3 Å². The van der Waals surface area contributed by atoms with E-state index >= 15 is 0 Å². The van der Waals surface area contributed by atoms with Gasteiger partial charge < -0.3 is 9.47 Å².